The molecule has 2 aromatic rings. The molecule has 0 amide bonds. The lowest BCUT2D eigenvalue weighted by atomic mass is 10.1. The van der Waals surface area contributed by atoms with E-state index in [4.69, 9.17) is 33.5 Å². The number of halogens is 2. The molecule has 0 aliphatic rings. The zero-order valence-corrected chi connectivity index (χ0v) is 13.3. The van der Waals surface area contributed by atoms with Gasteiger partial charge in [-0.25, -0.2) is 0 Å². The van der Waals surface area contributed by atoms with Crippen molar-refractivity contribution in [1.29, 1.82) is 0 Å². The fourth-order valence-electron chi connectivity index (χ4n) is 1.69. The Labute approximate surface area is 132 Å². The third kappa shape index (κ3) is 4.12. The van der Waals surface area contributed by atoms with Crippen LogP contribution in [0.5, 0.6) is 0 Å². The van der Waals surface area contributed by atoms with E-state index in [1.165, 1.54) is 0 Å². The molecule has 0 spiro atoms. The van der Waals surface area contributed by atoms with Crippen molar-refractivity contribution in [2.75, 3.05) is 12.0 Å². The summed E-state index contributed by atoms with van der Waals surface area (Å²) in [6.07, 6.45) is 3.34. The van der Waals surface area contributed by atoms with E-state index in [2.05, 4.69) is 10.1 Å². The average molecular weight is 332 g/mol. The summed E-state index contributed by atoms with van der Waals surface area (Å²) in [5, 5.41) is 5.14. The van der Waals surface area contributed by atoms with Crippen molar-refractivity contribution in [1.82, 2.24) is 10.1 Å². The minimum absolute atomic E-state index is 0.218. The summed E-state index contributed by atoms with van der Waals surface area (Å²) in [6.45, 7) is 0. The molecular formula is C13H15Cl2N3OS. The summed E-state index contributed by atoms with van der Waals surface area (Å²) in [4.78, 5) is 4.32. The van der Waals surface area contributed by atoms with Gasteiger partial charge in [-0.3, -0.25) is 0 Å². The van der Waals surface area contributed by atoms with E-state index in [1.807, 2.05) is 12.3 Å². The number of hydrogen-bond acceptors (Lipinski definition) is 5. The maximum Gasteiger partial charge on any atom is 0.243 e. The Balaban J connectivity index is 2.05. The molecule has 0 radical (unpaired) electrons. The third-order valence-electron chi connectivity index (χ3n) is 2.80. The van der Waals surface area contributed by atoms with E-state index in [1.54, 1.807) is 23.9 Å². The summed E-state index contributed by atoms with van der Waals surface area (Å²) in [7, 11) is 0. The summed E-state index contributed by atoms with van der Waals surface area (Å²) in [6, 6.07) is 5.12. The van der Waals surface area contributed by atoms with Crippen LogP contribution in [0.1, 0.15) is 29.7 Å². The molecule has 0 aliphatic heterocycles. The van der Waals surface area contributed by atoms with Gasteiger partial charge in [-0.05, 0) is 36.1 Å². The quantitative estimate of drug-likeness (QED) is 0.873. The first kappa shape index (κ1) is 15.6. The second-order valence-corrected chi connectivity index (χ2v) is 6.18. The summed E-state index contributed by atoms with van der Waals surface area (Å²) in [5.41, 5.74) is 6.89. The fraction of sp³-hybridized carbons (Fsp3) is 0.385. The van der Waals surface area contributed by atoms with E-state index < -0.39 is 0 Å². The largest absolute Gasteiger partial charge is 0.338 e. The molecule has 2 N–H and O–H groups in total. The van der Waals surface area contributed by atoms with Crippen molar-refractivity contribution in [3.05, 3.63) is 45.5 Å². The minimum atomic E-state index is -0.218. The van der Waals surface area contributed by atoms with Crippen molar-refractivity contribution in [2.24, 2.45) is 5.73 Å². The molecule has 0 saturated heterocycles. The Bertz CT molecular complexity index is 576. The predicted molar refractivity (Wildman–Crippen MR) is 83.5 cm³/mol. The van der Waals surface area contributed by atoms with Crippen molar-refractivity contribution < 1.29 is 4.52 Å². The molecule has 0 saturated carbocycles. The first-order valence-electron chi connectivity index (χ1n) is 6.11. The van der Waals surface area contributed by atoms with Crippen LogP contribution in [0.2, 0.25) is 10.0 Å². The van der Waals surface area contributed by atoms with Crippen LogP contribution in [-0.4, -0.2) is 22.1 Å². The topological polar surface area (TPSA) is 64.9 Å². The van der Waals surface area contributed by atoms with E-state index in [9.17, 15) is 0 Å². The first-order valence-corrected chi connectivity index (χ1v) is 8.26. The van der Waals surface area contributed by atoms with Crippen LogP contribution in [-0.2, 0) is 6.42 Å². The van der Waals surface area contributed by atoms with Crippen LogP contribution in [0, 0.1) is 0 Å². The molecule has 0 bridgehead atoms. The summed E-state index contributed by atoms with van der Waals surface area (Å²) < 4.78 is 5.19. The lowest BCUT2D eigenvalue weighted by Crippen LogP contribution is -2.11. The van der Waals surface area contributed by atoms with Crippen molar-refractivity contribution in [2.45, 2.75) is 18.9 Å². The second kappa shape index (κ2) is 7.31. The molecule has 20 heavy (non-hydrogen) atoms. The molecule has 1 heterocycles. The summed E-state index contributed by atoms with van der Waals surface area (Å²) in [5.74, 6) is 2.00. The van der Waals surface area contributed by atoms with Crippen LogP contribution in [0.25, 0.3) is 0 Å². The molecule has 4 nitrogen and oxygen atoms in total. The Morgan fingerprint density at radius 1 is 1.40 bits per heavy atom. The van der Waals surface area contributed by atoms with Gasteiger partial charge in [-0.2, -0.15) is 16.7 Å². The van der Waals surface area contributed by atoms with Gasteiger partial charge in [0.05, 0.1) is 6.04 Å². The van der Waals surface area contributed by atoms with E-state index >= 15 is 0 Å². The molecule has 7 heteroatoms. The number of aromatic nitrogens is 2. The molecule has 2 rings (SSSR count). The van der Waals surface area contributed by atoms with Crippen molar-refractivity contribution in [3.63, 3.8) is 0 Å². The number of hydrogen-bond donors (Lipinski definition) is 1. The van der Waals surface area contributed by atoms with Crippen LogP contribution in [0.4, 0.5) is 0 Å². The number of thioether (sulfide) groups is 1. The Morgan fingerprint density at radius 3 is 2.90 bits per heavy atom. The smallest absolute Gasteiger partial charge is 0.243 e. The zero-order chi connectivity index (χ0) is 14.5. The lowest BCUT2D eigenvalue weighted by Gasteiger charge is -2.03. The molecule has 0 fully saturated rings. The highest BCUT2D eigenvalue weighted by atomic mass is 35.5. The van der Waals surface area contributed by atoms with E-state index in [-0.39, 0.29) is 6.04 Å². The van der Waals surface area contributed by atoms with Gasteiger partial charge in [0.25, 0.3) is 0 Å². The Morgan fingerprint density at radius 2 is 2.20 bits per heavy atom. The van der Waals surface area contributed by atoms with Crippen molar-refractivity contribution in [3.8, 4) is 0 Å². The van der Waals surface area contributed by atoms with Gasteiger partial charge in [-0.15, -0.1) is 0 Å². The monoisotopic (exact) mass is 331 g/mol. The SMILES string of the molecule is CSCCC(N)c1nc(Cc2ccc(Cl)cc2Cl)no1. The Kier molecular flexibility index (Phi) is 5.72. The molecule has 1 atom stereocenters. The number of nitrogens with zero attached hydrogens (tertiary/aromatic N) is 2. The van der Waals surface area contributed by atoms with Gasteiger partial charge in [0.15, 0.2) is 5.82 Å². The highest BCUT2D eigenvalue weighted by molar-refractivity contribution is 7.98. The summed E-state index contributed by atoms with van der Waals surface area (Å²) >= 11 is 13.7. The van der Waals surface area contributed by atoms with Crippen LogP contribution in [0.15, 0.2) is 22.7 Å². The fourth-order valence-corrected chi connectivity index (χ4v) is 2.66. The zero-order valence-electron chi connectivity index (χ0n) is 11.0. The minimum Gasteiger partial charge on any atom is -0.338 e. The molecule has 1 aromatic heterocycles. The highest BCUT2D eigenvalue weighted by Gasteiger charge is 2.15. The maximum atomic E-state index is 6.12. The Hall–Kier alpha value is -0.750. The molecule has 1 aromatic carbocycles. The second-order valence-electron chi connectivity index (χ2n) is 4.35. The molecule has 0 aliphatic carbocycles. The van der Waals surface area contributed by atoms with Gasteiger partial charge in [0, 0.05) is 16.5 Å². The van der Waals surface area contributed by atoms with Gasteiger partial charge < -0.3 is 10.3 Å². The van der Waals surface area contributed by atoms with E-state index in [0.717, 1.165) is 17.7 Å². The van der Waals surface area contributed by atoms with Gasteiger partial charge in [0.2, 0.25) is 5.89 Å². The molecule has 108 valence electrons. The average Bonchev–Trinajstić information content (AvgIpc) is 2.88. The lowest BCUT2D eigenvalue weighted by molar-refractivity contribution is 0.349. The normalized spacial score (nSPS) is 12.6. The van der Waals surface area contributed by atoms with Crippen LogP contribution in [0.3, 0.4) is 0 Å². The van der Waals surface area contributed by atoms with E-state index in [0.29, 0.717) is 28.2 Å². The molecular weight excluding hydrogens is 317 g/mol. The molecule has 1 unspecified atom stereocenters. The number of benzene rings is 1. The van der Waals surface area contributed by atoms with Crippen LogP contribution >= 0.6 is 35.0 Å². The van der Waals surface area contributed by atoms with Gasteiger partial charge >= 0.3 is 0 Å². The van der Waals surface area contributed by atoms with Gasteiger partial charge in [-0.1, -0.05) is 34.4 Å². The standard InChI is InChI=1S/C13H15Cl2N3OS/c1-20-5-4-11(16)13-17-12(18-19-13)6-8-2-3-9(14)7-10(8)15/h2-3,7,11H,4-6,16H2,1H3. The number of nitrogens with two attached hydrogens (primary N) is 1. The predicted octanol–water partition coefficient (Wildman–Crippen LogP) is 3.72. The maximum absolute atomic E-state index is 6.12. The third-order valence-corrected chi connectivity index (χ3v) is 4.03. The number of rotatable bonds is 6. The van der Waals surface area contributed by atoms with Crippen LogP contribution < -0.4 is 5.73 Å². The van der Waals surface area contributed by atoms with Crippen molar-refractivity contribution >= 4 is 35.0 Å². The first-order chi connectivity index (χ1) is 9.60. The van der Waals surface area contributed by atoms with Gasteiger partial charge in [0.1, 0.15) is 0 Å². The highest BCUT2D eigenvalue weighted by Crippen LogP contribution is 2.23.